The number of hydrogen-bond acceptors (Lipinski definition) is 1. The summed E-state index contributed by atoms with van der Waals surface area (Å²) in [5.41, 5.74) is 1.81. The number of nitrogens with one attached hydrogen (secondary N) is 1. The fourth-order valence-electron chi connectivity index (χ4n) is 2.75. The minimum Gasteiger partial charge on any atom is -0.314 e. The van der Waals surface area contributed by atoms with Crippen LogP contribution in [0.3, 0.4) is 0 Å². The second-order valence-electron chi connectivity index (χ2n) is 5.99. The van der Waals surface area contributed by atoms with Gasteiger partial charge in [0, 0.05) is 18.0 Å². The highest BCUT2D eigenvalue weighted by atomic mass is 14.9. The van der Waals surface area contributed by atoms with Gasteiger partial charge < -0.3 is 5.32 Å². The quantitative estimate of drug-likeness (QED) is 0.623. The minimum atomic E-state index is 0.306. The molecular weight excluding hydrogens is 230 g/mol. The van der Waals surface area contributed by atoms with Crippen molar-refractivity contribution in [3.63, 3.8) is 0 Å². The standard InChI is InChI=1S/C18H31N/c1-5-7-11-14-18(6-2,15-19-16(3)4)17-12-9-8-10-13-17/h8-10,12-13,16,19H,5-7,11,14-15H2,1-4H3. The van der Waals surface area contributed by atoms with Gasteiger partial charge in [-0.3, -0.25) is 0 Å². The molecule has 1 heteroatoms. The molecule has 0 aliphatic carbocycles. The monoisotopic (exact) mass is 261 g/mol. The Morgan fingerprint density at radius 3 is 2.26 bits per heavy atom. The molecule has 0 amide bonds. The van der Waals surface area contributed by atoms with Crippen LogP contribution in [-0.4, -0.2) is 12.6 Å². The summed E-state index contributed by atoms with van der Waals surface area (Å²) in [7, 11) is 0. The third-order valence-electron chi connectivity index (χ3n) is 4.17. The van der Waals surface area contributed by atoms with Gasteiger partial charge in [0.25, 0.3) is 0 Å². The molecule has 108 valence electrons. The van der Waals surface area contributed by atoms with Crippen LogP contribution in [0.2, 0.25) is 0 Å². The number of hydrogen-bond donors (Lipinski definition) is 1. The number of benzene rings is 1. The molecule has 0 heterocycles. The third kappa shape index (κ3) is 4.99. The van der Waals surface area contributed by atoms with Gasteiger partial charge >= 0.3 is 0 Å². The highest BCUT2D eigenvalue weighted by Crippen LogP contribution is 2.33. The minimum absolute atomic E-state index is 0.306. The topological polar surface area (TPSA) is 12.0 Å². The van der Waals surface area contributed by atoms with Gasteiger partial charge in [-0.2, -0.15) is 0 Å². The predicted molar refractivity (Wildman–Crippen MR) is 85.7 cm³/mol. The molecule has 0 saturated heterocycles. The molecule has 1 aromatic rings. The van der Waals surface area contributed by atoms with Crippen LogP contribution in [0.5, 0.6) is 0 Å². The van der Waals surface area contributed by atoms with Crippen molar-refractivity contribution < 1.29 is 0 Å². The van der Waals surface area contributed by atoms with E-state index in [1.807, 2.05) is 0 Å². The van der Waals surface area contributed by atoms with Crippen LogP contribution in [0.1, 0.15) is 65.4 Å². The highest BCUT2D eigenvalue weighted by Gasteiger charge is 2.29. The van der Waals surface area contributed by atoms with E-state index in [4.69, 9.17) is 0 Å². The first-order valence-electron chi connectivity index (χ1n) is 7.93. The summed E-state index contributed by atoms with van der Waals surface area (Å²) < 4.78 is 0. The lowest BCUT2D eigenvalue weighted by Gasteiger charge is -2.35. The lowest BCUT2D eigenvalue weighted by Crippen LogP contribution is -2.40. The molecule has 1 aromatic carbocycles. The zero-order valence-electron chi connectivity index (χ0n) is 13.2. The fourth-order valence-corrected chi connectivity index (χ4v) is 2.75. The van der Waals surface area contributed by atoms with Crippen molar-refractivity contribution in [3.8, 4) is 0 Å². The average Bonchev–Trinajstić information content (AvgIpc) is 2.44. The van der Waals surface area contributed by atoms with Crippen LogP contribution in [0.15, 0.2) is 30.3 Å². The van der Waals surface area contributed by atoms with Crippen molar-refractivity contribution in [2.24, 2.45) is 0 Å². The first-order valence-corrected chi connectivity index (χ1v) is 7.93. The van der Waals surface area contributed by atoms with Crippen LogP contribution < -0.4 is 5.32 Å². The van der Waals surface area contributed by atoms with Gasteiger partial charge in [0.1, 0.15) is 0 Å². The van der Waals surface area contributed by atoms with Gasteiger partial charge in [-0.05, 0) is 18.4 Å². The van der Waals surface area contributed by atoms with Crippen molar-refractivity contribution in [1.29, 1.82) is 0 Å². The molecule has 1 rings (SSSR count). The van der Waals surface area contributed by atoms with E-state index >= 15 is 0 Å². The Morgan fingerprint density at radius 2 is 1.74 bits per heavy atom. The van der Waals surface area contributed by atoms with Crippen molar-refractivity contribution in [2.45, 2.75) is 71.3 Å². The SMILES string of the molecule is CCCCCC(CC)(CNC(C)C)c1ccccc1. The summed E-state index contributed by atoms with van der Waals surface area (Å²) >= 11 is 0. The Morgan fingerprint density at radius 1 is 1.05 bits per heavy atom. The molecule has 0 aromatic heterocycles. The zero-order valence-corrected chi connectivity index (χ0v) is 13.2. The van der Waals surface area contributed by atoms with Crippen LogP contribution in [-0.2, 0) is 5.41 Å². The summed E-state index contributed by atoms with van der Waals surface area (Å²) in [5.74, 6) is 0. The van der Waals surface area contributed by atoms with Crippen molar-refractivity contribution in [3.05, 3.63) is 35.9 Å². The molecule has 0 spiro atoms. The second-order valence-corrected chi connectivity index (χ2v) is 5.99. The number of rotatable bonds is 9. The third-order valence-corrected chi connectivity index (χ3v) is 4.17. The number of unbranched alkanes of at least 4 members (excludes halogenated alkanes) is 2. The van der Waals surface area contributed by atoms with Gasteiger partial charge in [0.2, 0.25) is 0 Å². The van der Waals surface area contributed by atoms with Gasteiger partial charge in [-0.25, -0.2) is 0 Å². The summed E-state index contributed by atoms with van der Waals surface area (Å²) in [4.78, 5) is 0. The first kappa shape index (κ1) is 16.2. The zero-order chi connectivity index (χ0) is 14.1. The van der Waals surface area contributed by atoms with E-state index in [0.29, 0.717) is 11.5 Å². The molecule has 1 nitrogen and oxygen atoms in total. The Bertz CT molecular complexity index is 331. The smallest absolute Gasteiger partial charge is 0.00752 e. The predicted octanol–water partition coefficient (Wildman–Crippen LogP) is 4.91. The van der Waals surface area contributed by atoms with Gasteiger partial charge in [0.05, 0.1) is 0 Å². The van der Waals surface area contributed by atoms with Crippen molar-refractivity contribution >= 4 is 0 Å². The maximum absolute atomic E-state index is 3.66. The van der Waals surface area contributed by atoms with E-state index in [9.17, 15) is 0 Å². The normalized spacial score (nSPS) is 14.6. The van der Waals surface area contributed by atoms with Gasteiger partial charge in [-0.15, -0.1) is 0 Å². The second kappa shape index (κ2) is 8.37. The van der Waals surface area contributed by atoms with Crippen LogP contribution in [0.4, 0.5) is 0 Å². The maximum atomic E-state index is 3.66. The average molecular weight is 261 g/mol. The highest BCUT2D eigenvalue weighted by molar-refractivity contribution is 5.26. The Labute approximate surface area is 119 Å². The van der Waals surface area contributed by atoms with E-state index in [1.165, 1.54) is 37.7 Å². The molecule has 1 N–H and O–H groups in total. The summed E-state index contributed by atoms with van der Waals surface area (Å²) in [6.07, 6.45) is 6.48. The molecule has 19 heavy (non-hydrogen) atoms. The molecule has 0 aliphatic heterocycles. The van der Waals surface area contributed by atoms with Crippen molar-refractivity contribution in [2.75, 3.05) is 6.54 Å². The van der Waals surface area contributed by atoms with E-state index < -0.39 is 0 Å². The molecule has 1 atom stereocenters. The summed E-state index contributed by atoms with van der Waals surface area (Å²) in [6, 6.07) is 11.6. The molecule has 0 fully saturated rings. The molecule has 0 bridgehead atoms. The Kier molecular flexibility index (Phi) is 7.15. The lowest BCUT2D eigenvalue weighted by molar-refractivity contribution is 0.330. The molecule has 0 saturated carbocycles. The summed E-state index contributed by atoms with van der Waals surface area (Å²) in [5, 5.41) is 3.66. The molecule has 0 aliphatic rings. The fraction of sp³-hybridized carbons (Fsp3) is 0.667. The van der Waals surface area contributed by atoms with Crippen LogP contribution >= 0.6 is 0 Å². The summed E-state index contributed by atoms with van der Waals surface area (Å²) in [6.45, 7) is 10.2. The molecule has 0 radical (unpaired) electrons. The van der Waals surface area contributed by atoms with Crippen LogP contribution in [0.25, 0.3) is 0 Å². The largest absolute Gasteiger partial charge is 0.314 e. The molecule has 1 unspecified atom stereocenters. The maximum Gasteiger partial charge on any atom is 0.00752 e. The Balaban J connectivity index is 2.85. The van der Waals surface area contributed by atoms with E-state index in [1.54, 1.807) is 0 Å². The van der Waals surface area contributed by atoms with Gasteiger partial charge in [-0.1, -0.05) is 77.3 Å². The van der Waals surface area contributed by atoms with E-state index in [-0.39, 0.29) is 0 Å². The Hall–Kier alpha value is -0.820. The van der Waals surface area contributed by atoms with Gasteiger partial charge in [0.15, 0.2) is 0 Å². The van der Waals surface area contributed by atoms with Crippen molar-refractivity contribution in [1.82, 2.24) is 5.32 Å². The first-order chi connectivity index (χ1) is 9.14. The van der Waals surface area contributed by atoms with E-state index in [0.717, 1.165) is 6.54 Å². The molecular formula is C18H31N. The van der Waals surface area contributed by atoms with Crippen LogP contribution in [0, 0.1) is 0 Å². The lowest BCUT2D eigenvalue weighted by atomic mass is 9.74. The van der Waals surface area contributed by atoms with E-state index in [2.05, 4.69) is 63.3 Å².